The van der Waals surface area contributed by atoms with Gasteiger partial charge in [-0.3, -0.25) is 14.8 Å². The number of carbonyl (C=O) groups is 1. The number of amides is 1. The van der Waals surface area contributed by atoms with E-state index in [4.69, 9.17) is 0 Å². The first-order valence-electron chi connectivity index (χ1n) is 7.33. The third-order valence-corrected chi connectivity index (χ3v) is 3.91. The number of aromatic nitrogens is 4. The molecule has 1 aliphatic heterocycles. The second-order valence-electron chi connectivity index (χ2n) is 5.20. The third-order valence-electron chi connectivity index (χ3n) is 3.91. The maximum absolute atomic E-state index is 12.3. The molecule has 1 amide bonds. The van der Waals surface area contributed by atoms with Gasteiger partial charge >= 0.3 is 0 Å². The maximum atomic E-state index is 12.3. The predicted octanol–water partition coefficient (Wildman–Crippen LogP) is 1.33. The molecule has 0 saturated carbocycles. The molecule has 1 N–H and O–H groups in total. The Bertz CT molecular complexity index is 639. The summed E-state index contributed by atoms with van der Waals surface area (Å²) < 4.78 is 0. The van der Waals surface area contributed by atoms with Gasteiger partial charge in [-0.1, -0.05) is 0 Å². The van der Waals surface area contributed by atoms with Crippen LogP contribution in [0.25, 0.3) is 0 Å². The lowest BCUT2D eigenvalue weighted by molar-refractivity contribution is 0.0705. The number of rotatable bonds is 3. The molecule has 1 aliphatic rings. The van der Waals surface area contributed by atoms with Crippen molar-refractivity contribution < 1.29 is 4.79 Å². The highest BCUT2D eigenvalue weighted by atomic mass is 16.2. The Labute approximate surface area is 128 Å². The Kier molecular flexibility index (Phi) is 4.22. The van der Waals surface area contributed by atoms with Crippen LogP contribution in [0.1, 0.15) is 34.9 Å². The summed E-state index contributed by atoms with van der Waals surface area (Å²) in [6.07, 6.45) is 9.76. The second-order valence-corrected chi connectivity index (χ2v) is 5.20. The van der Waals surface area contributed by atoms with Crippen LogP contribution in [0.15, 0.2) is 31.0 Å². The monoisotopic (exact) mass is 298 g/mol. The number of likely N-dealkylation sites (tertiary alicyclic amines) is 1. The van der Waals surface area contributed by atoms with Crippen molar-refractivity contribution in [3.8, 4) is 0 Å². The van der Waals surface area contributed by atoms with Crippen molar-refractivity contribution in [3.63, 3.8) is 0 Å². The summed E-state index contributed by atoms with van der Waals surface area (Å²) >= 11 is 0. The number of anilines is 1. The first-order valence-corrected chi connectivity index (χ1v) is 7.33. The zero-order chi connectivity index (χ0) is 15.4. The molecule has 0 bridgehead atoms. The van der Waals surface area contributed by atoms with Crippen molar-refractivity contribution in [1.29, 1.82) is 0 Å². The van der Waals surface area contributed by atoms with Gasteiger partial charge in [0, 0.05) is 50.8 Å². The molecule has 0 aliphatic carbocycles. The van der Waals surface area contributed by atoms with Gasteiger partial charge in [0.05, 0.1) is 11.9 Å². The molecule has 2 aromatic rings. The van der Waals surface area contributed by atoms with Gasteiger partial charge in [0.2, 0.25) is 0 Å². The van der Waals surface area contributed by atoms with Crippen LogP contribution in [0.4, 0.5) is 5.82 Å². The van der Waals surface area contributed by atoms with E-state index in [9.17, 15) is 4.79 Å². The summed E-state index contributed by atoms with van der Waals surface area (Å²) in [5.74, 6) is 1.09. The van der Waals surface area contributed by atoms with E-state index in [0.29, 0.717) is 24.7 Å². The minimum atomic E-state index is -0.0560. The van der Waals surface area contributed by atoms with Gasteiger partial charge in [0.15, 0.2) is 0 Å². The Morgan fingerprint density at radius 2 is 1.86 bits per heavy atom. The number of hydrogen-bond donors (Lipinski definition) is 1. The van der Waals surface area contributed by atoms with Crippen LogP contribution < -0.4 is 5.32 Å². The number of piperidine rings is 1. The minimum Gasteiger partial charge on any atom is -0.372 e. The molecule has 114 valence electrons. The highest BCUT2D eigenvalue weighted by molar-refractivity contribution is 5.92. The van der Waals surface area contributed by atoms with Crippen LogP contribution in [0.3, 0.4) is 0 Å². The van der Waals surface area contributed by atoms with Gasteiger partial charge < -0.3 is 10.2 Å². The van der Waals surface area contributed by atoms with Gasteiger partial charge in [-0.05, 0) is 12.8 Å². The van der Waals surface area contributed by atoms with Gasteiger partial charge in [0.25, 0.3) is 5.91 Å². The van der Waals surface area contributed by atoms with Gasteiger partial charge in [-0.15, -0.1) is 0 Å². The largest absolute Gasteiger partial charge is 0.372 e. The highest BCUT2D eigenvalue weighted by Crippen LogP contribution is 2.30. The van der Waals surface area contributed by atoms with Crippen LogP contribution in [0.5, 0.6) is 0 Å². The van der Waals surface area contributed by atoms with E-state index in [1.54, 1.807) is 24.8 Å². The van der Waals surface area contributed by atoms with Gasteiger partial charge in [0.1, 0.15) is 11.5 Å². The number of hydrogen-bond acceptors (Lipinski definition) is 6. The molecule has 0 unspecified atom stereocenters. The van der Waals surface area contributed by atoms with Crippen molar-refractivity contribution in [1.82, 2.24) is 24.8 Å². The van der Waals surface area contributed by atoms with E-state index in [1.807, 2.05) is 11.9 Å². The predicted molar refractivity (Wildman–Crippen MR) is 81.5 cm³/mol. The number of carbonyl (C=O) groups excluding carboxylic acids is 1. The molecule has 0 atom stereocenters. The minimum absolute atomic E-state index is 0.0560. The molecular formula is C15H18N6O. The standard InChI is InChI=1S/C15H18N6O/c1-16-14-13(19-6-7-20-14)11-2-8-21(9-3-11)15(22)12-10-17-4-5-18-12/h4-7,10-11H,2-3,8-9H2,1H3,(H,16,20). The van der Waals surface area contributed by atoms with E-state index in [-0.39, 0.29) is 5.91 Å². The summed E-state index contributed by atoms with van der Waals surface area (Å²) in [6, 6.07) is 0. The fourth-order valence-electron chi connectivity index (χ4n) is 2.77. The van der Waals surface area contributed by atoms with Crippen LogP contribution in [-0.4, -0.2) is 50.9 Å². The number of nitrogens with one attached hydrogen (secondary N) is 1. The van der Waals surface area contributed by atoms with E-state index < -0.39 is 0 Å². The van der Waals surface area contributed by atoms with Crippen molar-refractivity contribution >= 4 is 11.7 Å². The third kappa shape index (κ3) is 2.88. The lowest BCUT2D eigenvalue weighted by Crippen LogP contribution is -2.38. The Balaban J connectivity index is 1.67. The Hall–Kier alpha value is -2.57. The molecule has 7 nitrogen and oxygen atoms in total. The summed E-state index contributed by atoms with van der Waals surface area (Å²) in [4.78, 5) is 31.0. The molecule has 22 heavy (non-hydrogen) atoms. The van der Waals surface area contributed by atoms with Crippen molar-refractivity contribution in [2.45, 2.75) is 18.8 Å². The maximum Gasteiger partial charge on any atom is 0.274 e. The van der Waals surface area contributed by atoms with Crippen LogP contribution in [0, 0.1) is 0 Å². The SMILES string of the molecule is CNc1nccnc1C1CCN(C(=O)c2cnccn2)CC1. The van der Waals surface area contributed by atoms with Crippen LogP contribution in [-0.2, 0) is 0 Å². The fraction of sp³-hybridized carbons (Fsp3) is 0.400. The second kappa shape index (κ2) is 6.46. The molecule has 0 spiro atoms. The van der Waals surface area contributed by atoms with Crippen LogP contribution in [0.2, 0.25) is 0 Å². The molecule has 3 heterocycles. The Morgan fingerprint density at radius 1 is 1.14 bits per heavy atom. The van der Waals surface area contributed by atoms with Crippen molar-refractivity contribution in [2.75, 3.05) is 25.5 Å². The quantitative estimate of drug-likeness (QED) is 0.920. The van der Waals surface area contributed by atoms with Gasteiger partial charge in [-0.25, -0.2) is 9.97 Å². The van der Waals surface area contributed by atoms with Crippen LogP contribution >= 0.6 is 0 Å². The molecule has 0 aromatic carbocycles. The molecule has 1 saturated heterocycles. The lowest BCUT2D eigenvalue weighted by Gasteiger charge is -2.31. The molecule has 1 fully saturated rings. The van der Waals surface area contributed by atoms with Crippen molar-refractivity contribution in [2.24, 2.45) is 0 Å². The smallest absolute Gasteiger partial charge is 0.274 e. The topological polar surface area (TPSA) is 83.9 Å². The molecule has 2 aromatic heterocycles. The molecule has 0 radical (unpaired) electrons. The summed E-state index contributed by atoms with van der Waals surface area (Å²) in [5.41, 5.74) is 1.38. The number of nitrogens with zero attached hydrogens (tertiary/aromatic N) is 5. The van der Waals surface area contributed by atoms with E-state index in [2.05, 4.69) is 25.3 Å². The fourth-order valence-corrected chi connectivity index (χ4v) is 2.77. The average molecular weight is 298 g/mol. The average Bonchev–Trinajstić information content (AvgIpc) is 2.62. The Morgan fingerprint density at radius 3 is 2.55 bits per heavy atom. The first kappa shape index (κ1) is 14.4. The zero-order valence-corrected chi connectivity index (χ0v) is 12.4. The lowest BCUT2D eigenvalue weighted by atomic mass is 9.93. The summed E-state index contributed by atoms with van der Waals surface area (Å²) in [7, 11) is 1.85. The van der Waals surface area contributed by atoms with Crippen molar-refractivity contribution in [3.05, 3.63) is 42.4 Å². The highest BCUT2D eigenvalue weighted by Gasteiger charge is 2.27. The van der Waals surface area contributed by atoms with E-state index in [0.717, 1.165) is 24.4 Å². The molecular weight excluding hydrogens is 280 g/mol. The zero-order valence-electron chi connectivity index (χ0n) is 12.4. The molecule has 3 rings (SSSR count). The van der Waals surface area contributed by atoms with E-state index >= 15 is 0 Å². The first-order chi connectivity index (χ1) is 10.8. The summed E-state index contributed by atoms with van der Waals surface area (Å²) in [5, 5.41) is 3.08. The normalized spacial score (nSPS) is 15.6. The summed E-state index contributed by atoms with van der Waals surface area (Å²) in [6.45, 7) is 1.39. The molecule has 7 heteroatoms. The van der Waals surface area contributed by atoms with E-state index in [1.165, 1.54) is 6.20 Å². The van der Waals surface area contributed by atoms with Gasteiger partial charge in [-0.2, -0.15) is 0 Å².